The SMILES string of the molecule is CC(C)CN(C)C(=O)CCCC1CCCCC1. The molecule has 0 unspecified atom stereocenters. The van der Waals surface area contributed by atoms with Crippen LogP contribution in [0.3, 0.4) is 0 Å². The minimum absolute atomic E-state index is 0.328. The molecule has 0 aromatic carbocycles. The van der Waals surface area contributed by atoms with Gasteiger partial charge in [-0.1, -0.05) is 46.0 Å². The first-order valence-electron chi connectivity index (χ1n) is 7.33. The van der Waals surface area contributed by atoms with E-state index in [1.165, 1.54) is 38.5 Å². The first-order valence-corrected chi connectivity index (χ1v) is 7.33. The molecule has 0 aromatic heterocycles. The Hall–Kier alpha value is -0.530. The van der Waals surface area contributed by atoms with Crippen molar-refractivity contribution in [2.24, 2.45) is 11.8 Å². The Morgan fingerprint density at radius 1 is 1.24 bits per heavy atom. The van der Waals surface area contributed by atoms with Gasteiger partial charge in [-0.15, -0.1) is 0 Å². The highest BCUT2D eigenvalue weighted by atomic mass is 16.2. The molecule has 0 aliphatic heterocycles. The lowest BCUT2D eigenvalue weighted by atomic mass is 9.86. The Labute approximate surface area is 107 Å². The van der Waals surface area contributed by atoms with Crippen LogP contribution in [0, 0.1) is 11.8 Å². The number of amides is 1. The van der Waals surface area contributed by atoms with Crippen molar-refractivity contribution in [2.45, 2.75) is 65.2 Å². The molecule has 1 rings (SSSR count). The lowest BCUT2D eigenvalue weighted by molar-refractivity contribution is -0.130. The van der Waals surface area contributed by atoms with Crippen LogP contribution < -0.4 is 0 Å². The number of carbonyl (C=O) groups excluding carboxylic acids is 1. The second kappa shape index (κ2) is 7.73. The minimum Gasteiger partial charge on any atom is -0.346 e. The fraction of sp³-hybridized carbons (Fsp3) is 0.933. The molecule has 17 heavy (non-hydrogen) atoms. The Morgan fingerprint density at radius 3 is 2.47 bits per heavy atom. The molecule has 0 aromatic rings. The van der Waals surface area contributed by atoms with Crippen LogP contribution in [0.25, 0.3) is 0 Å². The van der Waals surface area contributed by atoms with Crippen molar-refractivity contribution in [1.29, 1.82) is 0 Å². The quantitative estimate of drug-likeness (QED) is 0.689. The first-order chi connectivity index (χ1) is 8.09. The molecule has 0 saturated heterocycles. The van der Waals surface area contributed by atoms with Crippen LogP contribution in [-0.2, 0) is 4.79 Å². The lowest BCUT2D eigenvalue weighted by Gasteiger charge is -2.22. The molecular weight excluding hydrogens is 210 g/mol. The standard InChI is InChI=1S/C15H29NO/c1-13(2)12-16(3)15(17)11-7-10-14-8-5-4-6-9-14/h13-14H,4-12H2,1-3H3. The van der Waals surface area contributed by atoms with E-state index in [-0.39, 0.29) is 0 Å². The molecule has 1 aliphatic rings. The smallest absolute Gasteiger partial charge is 0.222 e. The van der Waals surface area contributed by atoms with Gasteiger partial charge in [0.25, 0.3) is 0 Å². The highest BCUT2D eigenvalue weighted by Gasteiger charge is 2.15. The average molecular weight is 239 g/mol. The van der Waals surface area contributed by atoms with Gasteiger partial charge >= 0.3 is 0 Å². The molecule has 0 atom stereocenters. The fourth-order valence-corrected chi connectivity index (χ4v) is 2.86. The number of hydrogen-bond acceptors (Lipinski definition) is 1. The summed E-state index contributed by atoms with van der Waals surface area (Å²) in [7, 11) is 1.93. The summed E-state index contributed by atoms with van der Waals surface area (Å²) in [5.41, 5.74) is 0. The van der Waals surface area contributed by atoms with Gasteiger partial charge in [0.1, 0.15) is 0 Å². The van der Waals surface area contributed by atoms with Gasteiger partial charge in [-0.3, -0.25) is 4.79 Å². The maximum Gasteiger partial charge on any atom is 0.222 e. The maximum atomic E-state index is 11.8. The number of carbonyl (C=O) groups is 1. The highest BCUT2D eigenvalue weighted by molar-refractivity contribution is 5.75. The van der Waals surface area contributed by atoms with Crippen LogP contribution in [0.5, 0.6) is 0 Å². The van der Waals surface area contributed by atoms with Crippen LogP contribution in [0.2, 0.25) is 0 Å². The predicted molar refractivity (Wildman–Crippen MR) is 72.9 cm³/mol. The van der Waals surface area contributed by atoms with E-state index >= 15 is 0 Å². The second-order valence-electron chi connectivity index (χ2n) is 6.06. The summed E-state index contributed by atoms with van der Waals surface area (Å²) >= 11 is 0. The van der Waals surface area contributed by atoms with Gasteiger partial charge in [0, 0.05) is 20.0 Å². The van der Waals surface area contributed by atoms with Crippen molar-refractivity contribution in [1.82, 2.24) is 4.90 Å². The van der Waals surface area contributed by atoms with Crippen molar-refractivity contribution in [3.63, 3.8) is 0 Å². The normalized spacial score (nSPS) is 17.4. The van der Waals surface area contributed by atoms with Gasteiger partial charge in [-0.2, -0.15) is 0 Å². The van der Waals surface area contributed by atoms with Gasteiger partial charge in [-0.25, -0.2) is 0 Å². The van der Waals surface area contributed by atoms with Crippen LogP contribution in [0.15, 0.2) is 0 Å². The summed E-state index contributed by atoms with van der Waals surface area (Å²) in [6, 6.07) is 0. The van der Waals surface area contributed by atoms with E-state index in [0.717, 1.165) is 25.3 Å². The number of nitrogens with zero attached hydrogens (tertiary/aromatic N) is 1. The van der Waals surface area contributed by atoms with E-state index in [0.29, 0.717) is 11.8 Å². The minimum atomic E-state index is 0.328. The number of hydrogen-bond donors (Lipinski definition) is 0. The Balaban J connectivity index is 2.10. The molecule has 0 N–H and O–H groups in total. The third-order valence-corrected chi connectivity index (χ3v) is 3.79. The fourth-order valence-electron chi connectivity index (χ4n) is 2.86. The molecule has 0 radical (unpaired) electrons. The van der Waals surface area contributed by atoms with Crippen molar-refractivity contribution in [3.8, 4) is 0 Å². The Bertz CT molecular complexity index is 219. The van der Waals surface area contributed by atoms with Crippen LogP contribution in [0.4, 0.5) is 0 Å². The van der Waals surface area contributed by atoms with E-state index in [1.807, 2.05) is 11.9 Å². The van der Waals surface area contributed by atoms with E-state index in [4.69, 9.17) is 0 Å². The number of rotatable bonds is 6. The molecule has 1 fully saturated rings. The zero-order chi connectivity index (χ0) is 12.7. The Kier molecular flexibility index (Phi) is 6.61. The van der Waals surface area contributed by atoms with E-state index in [2.05, 4.69) is 13.8 Å². The summed E-state index contributed by atoms with van der Waals surface area (Å²) in [4.78, 5) is 13.7. The van der Waals surface area contributed by atoms with Crippen molar-refractivity contribution in [3.05, 3.63) is 0 Å². The summed E-state index contributed by atoms with van der Waals surface area (Å²) < 4.78 is 0. The van der Waals surface area contributed by atoms with Gasteiger partial charge < -0.3 is 4.90 Å². The monoisotopic (exact) mass is 239 g/mol. The van der Waals surface area contributed by atoms with Crippen LogP contribution in [0.1, 0.15) is 65.2 Å². The molecule has 0 bridgehead atoms. The summed E-state index contributed by atoms with van der Waals surface area (Å²) in [5, 5.41) is 0. The molecule has 1 amide bonds. The van der Waals surface area contributed by atoms with E-state index in [9.17, 15) is 4.79 Å². The summed E-state index contributed by atoms with van der Waals surface area (Å²) in [6.07, 6.45) is 10.1. The first kappa shape index (κ1) is 14.5. The summed E-state index contributed by atoms with van der Waals surface area (Å²) in [6.45, 7) is 5.21. The van der Waals surface area contributed by atoms with Crippen molar-refractivity contribution < 1.29 is 4.79 Å². The van der Waals surface area contributed by atoms with Gasteiger partial charge in [-0.05, 0) is 24.7 Å². The predicted octanol–water partition coefficient (Wildman–Crippen LogP) is 3.85. The topological polar surface area (TPSA) is 20.3 Å². The maximum absolute atomic E-state index is 11.8. The van der Waals surface area contributed by atoms with Gasteiger partial charge in [0.05, 0.1) is 0 Å². The van der Waals surface area contributed by atoms with Crippen LogP contribution in [-0.4, -0.2) is 24.4 Å². The highest BCUT2D eigenvalue weighted by Crippen LogP contribution is 2.27. The zero-order valence-corrected chi connectivity index (χ0v) is 11.9. The second-order valence-corrected chi connectivity index (χ2v) is 6.06. The zero-order valence-electron chi connectivity index (χ0n) is 11.9. The summed E-state index contributed by atoms with van der Waals surface area (Å²) in [5.74, 6) is 1.81. The molecule has 0 spiro atoms. The molecule has 1 aliphatic carbocycles. The van der Waals surface area contributed by atoms with E-state index in [1.54, 1.807) is 0 Å². The van der Waals surface area contributed by atoms with Crippen molar-refractivity contribution in [2.75, 3.05) is 13.6 Å². The Morgan fingerprint density at radius 2 is 1.88 bits per heavy atom. The van der Waals surface area contributed by atoms with Crippen molar-refractivity contribution >= 4 is 5.91 Å². The van der Waals surface area contributed by atoms with Gasteiger partial charge in [0.15, 0.2) is 0 Å². The lowest BCUT2D eigenvalue weighted by Crippen LogP contribution is -2.30. The van der Waals surface area contributed by atoms with E-state index < -0.39 is 0 Å². The van der Waals surface area contributed by atoms with Gasteiger partial charge in [0.2, 0.25) is 5.91 Å². The molecule has 100 valence electrons. The largest absolute Gasteiger partial charge is 0.346 e. The third kappa shape index (κ3) is 6.09. The molecule has 2 nitrogen and oxygen atoms in total. The molecular formula is C15H29NO. The molecule has 0 heterocycles. The molecule has 2 heteroatoms. The molecule has 1 saturated carbocycles. The van der Waals surface area contributed by atoms with Crippen LogP contribution >= 0.6 is 0 Å². The third-order valence-electron chi connectivity index (χ3n) is 3.79. The average Bonchev–Trinajstić information content (AvgIpc) is 2.29.